The van der Waals surface area contributed by atoms with Crippen molar-refractivity contribution >= 4 is 20.1 Å². The van der Waals surface area contributed by atoms with Crippen LogP contribution in [-0.4, -0.2) is 20.1 Å². The molecule has 2 heteroatoms. The van der Waals surface area contributed by atoms with E-state index in [2.05, 4.69) is 6.92 Å². The Balaban J connectivity index is 2.83. The molecule has 0 nitrogen and oxygen atoms in total. The summed E-state index contributed by atoms with van der Waals surface area (Å²) in [6.45, 7) is 3.96. The van der Waals surface area contributed by atoms with Crippen LogP contribution in [0.25, 0.3) is 0 Å². The second-order valence-corrected chi connectivity index (χ2v) is 1.36. The van der Waals surface area contributed by atoms with Crippen molar-refractivity contribution in [2.24, 2.45) is 0 Å². The molecule has 0 heterocycles. The second-order valence-electron chi connectivity index (χ2n) is 1.36. The van der Waals surface area contributed by atoms with Crippen molar-refractivity contribution in [3.63, 3.8) is 0 Å². The Labute approximate surface area is 41.3 Å². The van der Waals surface area contributed by atoms with Crippen LogP contribution in [0.5, 0.6) is 0 Å². The number of hydrogen-bond donors (Lipinski definition) is 0. The summed E-state index contributed by atoms with van der Waals surface area (Å²) in [6.07, 6.45) is 1.04. The van der Waals surface area contributed by atoms with Crippen LogP contribution in [-0.2, 0) is 0 Å². The van der Waals surface area contributed by atoms with Crippen molar-refractivity contribution in [3.05, 3.63) is 0 Å². The van der Waals surface area contributed by atoms with E-state index in [9.17, 15) is 0 Å². The van der Waals surface area contributed by atoms with Gasteiger partial charge in [0.05, 0.1) is 0 Å². The molecule has 0 saturated heterocycles. The predicted molar refractivity (Wildman–Crippen MR) is 32.7 cm³/mol. The summed E-state index contributed by atoms with van der Waals surface area (Å²) < 4.78 is 0. The molecule has 0 fully saturated rings. The SMILES string of the molecule is [B]=C(C)[B]CC. The molecule has 2 radical (unpaired) electrons. The molecule has 0 amide bonds. The van der Waals surface area contributed by atoms with Gasteiger partial charge in [0.15, 0.2) is 0 Å². The summed E-state index contributed by atoms with van der Waals surface area (Å²) in [6, 6.07) is 0. The Hall–Kier alpha value is -0.000130. The first-order chi connectivity index (χ1) is 2.77. The third kappa shape index (κ3) is 4.00. The van der Waals surface area contributed by atoms with Gasteiger partial charge in [-0.2, -0.15) is 0 Å². The summed E-state index contributed by atoms with van der Waals surface area (Å²) in [7, 11) is 7.25. The third-order valence-electron chi connectivity index (χ3n) is 0.526. The summed E-state index contributed by atoms with van der Waals surface area (Å²) in [5.74, 6) is 0. The van der Waals surface area contributed by atoms with Crippen LogP contribution in [0.1, 0.15) is 13.8 Å². The van der Waals surface area contributed by atoms with Gasteiger partial charge in [0.1, 0.15) is 0 Å². The van der Waals surface area contributed by atoms with Crippen molar-refractivity contribution in [3.8, 4) is 0 Å². The maximum absolute atomic E-state index is 5.26. The predicted octanol–water partition coefficient (Wildman–Crippen LogP) is 0.447. The zero-order valence-electron chi connectivity index (χ0n) is 4.36. The van der Waals surface area contributed by atoms with Gasteiger partial charge in [-0.25, -0.2) is 0 Å². The van der Waals surface area contributed by atoms with E-state index in [1.165, 1.54) is 0 Å². The molecular weight excluding hydrogens is 69.7 g/mol. The minimum absolute atomic E-state index is 0.914. The van der Waals surface area contributed by atoms with Gasteiger partial charge in [-0.1, -0.05) is 0 Å². The van der Waals surface area contributed by atoms with Crippen LogP contribution in [0.4, 0.5) is 0 Å². The van der Waals surface area contributed by atoms with Crippen LogP contribution in [0, 0.1) is 0 Å². The Morgan fingerprint density at radius 3 is 2.33 bits per heavy atom. The molecule has 0 bridgehead atoms. The molecule has 0 aromatic rings. The third-order valence-corrected chi connectivity index (χ3v) is 0.526. The average Bonchev–Trinajstić information content (AvgIpc) is 1.35. The first kappa shape index (κ1) is 6.00. The molecule has 0 aromatic heterocycles. The fourth-order valence-corrected chi connectivity index (χ4v) is 0.322. The molecular formula is C4H8B2. The quantitative estimate of drug-likeness (QED) is 0.420. The zero-order valence-corrected chi connectivity index (χ0v) is 4.36. The molecule has 0 rings (SSSR count). The van der Waals surface area contributed by atoms with E-state index in [1.807, 2.05) is 14.2 Å². The molecule has 0 saturated carbocycles. The van der Waals surface area contributed by atoms with Gasteiger partial charge in [-0.3, -0.25) is 0 Å². The molecule has 0 spiro atoms. The van der Waals surface area contributed by atoms with E-state index in [4.69, 9.17) is 7.49 Å². The van der Waals surface area contributed by atoms with Crippen molar-refractivity contribution in [2.75, 3.05) is 0 Å². The average molecular weight is 77.7 g/mol. The topological polar surface area (TPSA) is 0 Å². The van der Waals surface area contributed by atoms with Crippen molar-refractivity contribution in [1.82, 2.24) is 0 Å². The van der Waals surface area contributed by atoms with Crippen LogP contribution < -0.4 is 0 Å². The number of rotatable bonds is 2. The zero-order chi connectivity index (χ0) is 4.99. The van der Waals surface area contributed by atoms with Gasteiger partial charge >= 0.3 is 40.3 Å². The van der Waals surface area contributed by atoms with E-state index >= 15 is 0 Å². The summed E-state index contributed by atoms with van der Waals surface area (Å²) in [5, 5.41) is 0.914. The maximum atomic E-state index is 5.26. The molecule has 0 aromatic carbocycles. The van der Waals surface area contributed by atoms with E-state index < -0.39 is 0 Å². The first-order valence-electron chi connectivity index (χ1n) is 2.19. The Kier molecular flexibility index (Phi) is 3.20. The monoisotopic (exact) mass is 78.1 g/mol. The summed E-state index contributed by atoms with van der Waals surface area (Å²) in [5.41, 5.74) is 0. The second kappa shape index (κ2) is 3.20. The van der Waals surface area contributed by atoms with Gasteiger partial charge in [-0.15, -0.1) is 0 Å². The van der Waals surface area contributed by atoms with E-state index in [0.717, 1.165) is 11.7 Å². The van der Waals surface area contributed by atoms with Gasteiger partial charge in [0.2, 0.25) is 0 Å². The first-order valence-corrected chi connectivity index (χ1v) is 2.19. The van der Waals surface area contributed by atoms with E-state index in [1.54, 1.807) is 0 Å². The molecule has 0 aliphatic heterocycles. The van der Waals surface area contributed by atoms with Gasteiger partial charge in [0, 0.05) is 0 Å². The fourth-order valence-electron chi connectivity index (χ4n) is 0.322. The molecule has 0 unspecified atom stereocenters. The molecule has 0 aliphatic rings. The Morgan fingerprint density at radius 2 is 2.33 bits per heavy atom. The number of hydrogen-bond acceptors (Lipinski definition) is 0. The van der Waals surface area contributed by atoms with Crippen LogP contribution >= 0.6 is 0 Å². The standard InChI is InChI=1S/C4H8B2/c1-3-6-4(2)5/h3H2,1-2H3. The van der Waals surface area contributed by atoms with Crippen LogP contribution in [0.15, 0.2) is 0 Å². The van der Waals surface area contributed by atoms with E-state index in [0.29, 0.717) is 0 Å². The summed E-state index contributed by atoms with van der Waals surface area (Å²) in [4.78, 5) is 0. The van der Waals surface area contributed by atoms with Gasteiger partial charge in [-0.05, 0) is 0 Å². The molecule has 0 aliphatic carbocycles. The van der Waals surface area contributed by atoms with Gasteiger partial charge in [0.25, 0.3) is 0 Å². The normalized spacial score (nSPS) is 7.50. The molecule has 0 N–H and O–H groups in total. The molecule has 30 valence electrons. The van der Waals surface area contributed by atoms with Crippen molar-refractivity contribution in [2.45, 2.75) is 20.2 Å². The molecule has 0 atom stereocenters. The van der Waals surface area contributed by atoms with Crippen LogP contribution in [0.2, 0.25) is 6.32 Å². The minimum atomic E-state index is 0.914. The van der Waals surface area contributed by atoms with Crippen molar-refractivity contribution < 1.29 is 0 Å². The van der Waals surface area contributed by atoms with E-state index in [-0.39, 0.29) is 0 Å². The Morgan fingerprint density at radius 1 is 1.83 bits per heavy atom. The molecule has 6 heavy (non-hydrogen) atoms. The van der Waals surface area contributed by atoms with Gasteiger partial charge < -0.3 is 0 Å². The fraction of sp³-hybridized carbons (Fsp3) is 0.750. The Bertz CT molecular complexity index is 49.5. The summed E-state index contributed by atoms with van der Waals surface area (Å²) >= 11 is 0. The van der Waals surface area contributed by atoms with Crippen LogP contribution in [0.3, 0.4) is 0 Å². The van der Waals surface area contributed by atoms with Crippen molar-refractivity contribution in [1.29, 1.82) is 0 Å².